The van der Waals surface area contributed by atoms with Crippen molar-refractivity contribution in [1.82, 2.24) is 14.9 Å². The van der Waals surface area contributed by atoms with Crippen molar-refractivity contribution in [2.45, 2.75) is 41.3 Å². The molecule has 0 amide bonds. The molecule has 2 N–H and O–H groups in total. The van der Waals surface area contributed by atoms with Gasteiger partial charge in [0.15, 0.2) is 0 Å². The summed E-state index contributed by atoms with van der Waals surface area (Å²) < 4.78 is 42.9. The summed E-state index contributed by atoms with van der Waals surface area (Å²) in [6.45, 7) is 0. The highest BCUT2D eigenvalue weighted by atomic mass is 35.5. The van der Waals surface area contributed by atoms with Crippen LogP contribution in [0.1, 0.15) is 30.1 Å². The van der Waals surface area contributed by atoms with Crippen LogP contribution in [0.3, 0.4) is 0 Å². The van der Waals surface area contributed by atoms with Gasteiger partial charge < -0.3 is 14.9 Å². The Bertz CT molecular complexity index is 1420. The summed E-state index contributed by atoms with van der Waals surface area (Å²) >= 11 is 0. The largest absolute Gasteiger partial charge is 0.347 e. The van der Waals surface area contributed by atoms with E-state index in [4.69, 9.17) is 0 Å². The number of hydrogen-bond donors (Lipinski definition) is 2. The Morgan fingerprint density at radius 1 is 1.10 bits per heavy atom. The van der Waals surface area contributed by atoms with E-state index in [-0.39, 0.29) is 33.8 Å². The highest BCUT2D eigenvalue weighted by Crippen LogP contribution is 2.42. The number of H-pyrrole nitrogens is 1. The third-order valence-corrected chi connectivity index (χ3v) is 8.22. The summed E-state index contributed by atoms with van der Waals surface area (Å²) in [5.74, 6) is -0.436. The Morgan fingerprint density at radius 2 is 1.93 bits per heavy atom. The normalized spacial score (nSPS) is 20.5. The summed E-state index contributed by atoms with van der Waals surface area (Å²) in [5, 5.41) is 4.94. The summed E-state index contributed by atoms with van der Waals surface area (Å²) in [4.78, 5) is 3.10. The topological polar surface area (TPSA) is 66.9 Å². The number of aryl methyl sites for hydroxylation is 1. The lowest BCUT2D eigenvalue weighted by atomic mass is 9.99. The molecule has 0 radical (unpaired) electrons. The SMILES string of the molecule is Cl.Cn1c2c(c3cc(S(=O)(=O)c4cc5c(F)cccc5[nH]4)ccc31)C1CCC(C2)N1. The lowest BCUT2D eigenvalue weighted by Gasteiger charge is -2.23. The molecule has 2 unspecified atom stereocenters. The van der Waals surface area contributed by atoms with E-state index in [0.717, 1.165) is 30.2 Å². The van der Waals surface area contributed by atoms with Crippen LogP contribution < -0.4 is 5.32 Å². The molecule has 156 valence electrons. The van der Waals surface area contributed by atoms with Crippen LogP contribution in [0, 0.1) is 5.82 Å². The first-order valence-corrected chi connectivity index (χ1v) is 11.3. The fourth-order valence-electron chi connectivity index (χ4n) is 5.11. The molecule has 0 spiro atoms. The number of halogens is 2. The Balaban J connectivity index is 0.00000193. The number of nitrogens with zero attached hydrogens (tertiary/aromatic N) is 1. The molecular formula is C22H21ClFN3O2S. The van der Waals surface area contributed by atoms with Gasteiger partial charge in [-0.2, -0.15) is 0 Å². The van der Waals surface area contributed by atoms with E-state index >= 15 is 0 Å². The van der Waals surface area contributed by atoms with Gasteiger partial charge in [0, 0.05) is 53.1 Å². The van der Waals surface area contributed by atoms with Crippen molar-refractivity contribution in [3.8, 4) is 0 Å². The zero-order chi connectivity index (χ0) is 19.9. The van der Waals surface area contributed by atoms with Crippen LogP contribution in [0.4, 0.5) is 4.39 Å². The number of fused-ring (bicyclic) bond motifs is 7. The minimum absolute atomic E-state index is 0. The second-order valence-electron chi connectivity index (χ2n) is 8.13. The summed E-state index contributed by atoms with van der Waals surface area (Å²) in [6.07, 6.45) is 3.20. The van der Waals surface area contributed by atoms with Gasteiger partial charge in [-0.1, -0.05) is 6.07 Å². The molecule has 2 aromatic carbocycles. The van der Waals surface area contributed by atoms with Gasteiger partial charge in [0.25, 0.3) is 0 Å². The fraction of sp³-hybridized carbons (Fsp3) is 0.273. The first-order chi connectivity index (χ1) is 13.9. The average Bonchev–Trinajstić information content (AvgIpc) is 3.39. The maximum absolute atomic E-state index is 14.1. The highest BCUT2D eigenvalue weighted by Gasteiger charge is 2.36. The minimum Gasteiger partial charge on any atom is -0.347 e. The van der Waals surface area contributed by atoms with E-state index in [0.29, 0.717) is 11.6 Å². The van der Waals surface area contributed by atoms with Crippen LogP contribution in [0.15, 0.2) is 52.4 Å². The van der Waals surface area contributed by atoms with Gasteiger partial charge in [-0.25, -0.2) is 12.8 Å². The number of benzene rings is 2. The summed E-state index contributed by atoms with van der Waals surface area (Å²) in [6, 6.07) is 12.1. The monoisotopic (exact) mass is 445 g/mol. The number of aromatic amines is 1. The lowest BCUT2D eigenvalue weighted by molar-refractivity contribution is 0.503. The van der Waals surface area contributed by atoms with Crippen molar-refractivity contribution in [2.24, 2.45) is 7.05 Å². The van der Waals surface area contributed by atoms with Gasteiger partial charge in [0.2, 0.25) is 9.84 Å². The smallest absolute Gasteiger partial charge is 0.221 e. The van der Waals surface area contributed by atoms with Gasteiger partial charge >= 0.3 is 0 Å². The third kappa shape index (κ3) is 2.58. The predicted molar refractivity (Wildman–Crippen MR) is 116 cm³/mol. The van der Waals surface area contributed by atoms with Gasteiger partial charge in [-0.3, -0.25) is 0 Å². The van der Waals surface area contributed by atoms with Gasteiger partial charge in [-0.15, -0.1) is 12.4 Å². The molecule has 4 heterocycles. The number of hydrogen-bond acceptors (Lipinski definition) is 3. The van der Waals surface area contributed by atoms with Gasteiger partial charge in [0.05, 0.1) is 4.90 Å². The molecule has 0 saturated carbocycles. The third-order valence-electron chi connectivity index (χ3n) is 6.55. The molecule has 2 aliphatic heterocycles. The first kappa shape index (κ1) is 19.6. The summed E-state index contributed by atoms with van der Waals surface area (Å²) in [5.41, 5.74) is 4.05. The maximum Gasteiger partial charge on any atom is 0.221 e. The molecule has 0 aliphatic carbocycles. The molecule has 2 aliphatic rings. The highest BCUT2D eigenvalue weighted by molar-refractivity contribution is 7.91. The fourth-order valence-corrected chi connectivity index (χ4v) is 6.40. The van der Waals surface area contributed by atoms with Crippen LogP contribution in [-0.4, -0.2) is 24.0 Å². The zero-order valence-electron chi connectivity index (χ0n) is 16.3. The van der Waals surface area contributed by atoms with Crippen molar-refractivity contribution in [3.63, 3.8) is 0 Å². The molecule has 1 fully saturated rings. The molecule has 1 saturated heterocycles. The Labute approximate surface area is 179 Å². The minimum atomic E-state index is -3.79. The van der Waals surface area contributed by atoms with E-state index in [9.17, 15) is 12.8 Å². The quantitative estimate of drug-likeness (QED) is 0.480. The second kappa shape index (κ2) is 6.57. The maximum atomic E-state index is 14.1. The molecule has 6 rings (SSSR count). The van der Waals surface area contributed by atoms with Crippen molar-refractivity contribution in [2.75, 3.05) is 0 Å². The van der Waals surface area contributed by atoms with E-state index in [1.54, 1.807) is 24.3 Å². The molecule has 30 heavy (non-hydrogen) atoms. The Kier molecular flexibility index (Phi) is 4.29. The van der Waals surface area contributed by atoms with Crippen molar-refractivity contribution < 1.29 is 12.8 Å². The van der Waals surface area contributed by atoms with E-state index in [1.807, 2.05) is 6.07 Å². The predicted octanol–water partition coefficient (Wildman–Crippen LogP) is 4.40. The van der Waals surface area contributed by atoms with Crippen LogP contribution in [0.5, 0.6) is 0 Å². The van der Waals surface area contributed by atoms with E-state index in [2.05, 4.69) is 21.9 Å². The molecule has 2 bridgehead atoms. The average molecular weight is 446 g/mol. The molecule has 4 aromatic rings. The molecule has 8 heteroatoms. The van der Waals surface area contributed by atoms with Crippen molar-refractivity contribution >= 4 is 44.1 Å². The zero-order valence-corrected chi connectivity index (χ0v) is 17.9. The second-order valence-corrected chi connectivity index (χ2v) is 10.1. The number of rotatable bonds is 2. The lowest BCUT2D eigenvalue weighted by Crippen LogP contribution is -2.32. The Morgan fingerprint density at radius 3 is 2.73 bits per heavy atom. The Hall–Kier alpha value is -2.35. The molecule has 2 atom stereocenters. The number of sulfone groups is 1. The molecule has 2 aromatic heterocycles. The van der Waals surface area contributed by atoms with Gasteiger partial charge in [0.1, 0.15) is 10.8 Å². The number of aromatic nitrogens is 2. The number of nitrogens with one attached hydrogen (secondary N) is 2. The first-order valence-electron chi connectivity index (χ1n) is 9.83. The van der Waals surface area contributed by atoms with Crippen LogP contribution in [0.2, 0.25) is 0 Å². The molecular weight excluding hydrogens is 425 g/mol. The van der Waals surface area contributed by atoms with Crippen LogP contribution in [-0.2, 0) is 23.3 Å². The van der Waals surface area contributed by atoms with Crippen LogP contribution in [0.25, 0.3) is 21.8 Å². The van der Waals surface area contributed by atoms with Crippen molar-refractivity contribution in [3.05, 3.63) is 59.5 Å². The van der Waals surface area contributed by atoms with Gasteiger partial charge in [-0.05, 0) is 54.8 Å². The van der Waals surface area contributed by atoms with Crippen LogP contribution >= 0.6 is 12.4 Å². The molecule has 5 nitrogen and oxygen atoms in total. The summed E-state index contributed by atoms with van der Waals surface area (Å²) in [7, 11) is -1.74. The standard InChI is InChI=1S/C22H20FN3O2S.ClH/c1-26-19-8-6-13(10-15(19)22-18-7-5-12(24-18)9-20(22)26)29(27,28)21-11-14-16(23)3-2-4-17(14)25-21;/h2-4,6,8,10-12,18,24-25H,5,7,9H2,1H3;1H. The van der Waals surface area contributed by atoms with E-state index < -0.39 is 15.7 Å². The van der Waals surface area contributed by atoms with E-state index in [1.165, 1.54) is 23.4 Å². The van der Waals surface area contributed by atoms with Crippen molar-refractivity contribution in [1.29, 1.82) is 0 Å².